The first-order valence-electron chi connectivity index (χ1n) is 8.20. The van der Waals surface area contributed by atoms with Crippen molar-refractivity contribution in [2.75, 3.05) is 23.3 Å². The van der Waals surface area contributed by atoms with Gasteiger partial charge in [-0.3, -0.25) is 4.79 Å². The van der Waals surface area contributed by atoms with Crippen LogP contribution in [0.2, 0.25) is 5.02 Å². The van der Waals surface area contributed by atoms with Crippen LogP contribution in [0.4, 0.5) is 11.6 Å². The smallest absolute Gasteiger partial charge is 0.258 e. The number of rotatable bonds is 7. The molecule has 1 aromatic heterocycles. The van der Waals surface area contributed by atoms with Gasteiger partial charge in [0.2, 0.25) is 5.95 Å². The van der Waals surface area contributed by atoms with Crippen molar-refractivity contribution in [1.29, 1.82) is 0 Å². The normalized spacial score (nSPS) is 10.5. The van der Waals surface area contributed by atoms with Crippen LogP contribution >= 0.6 is 11.6 Å². The predicted octanol–water partition coefficient (Wildman–Crippen LogP) is 4.32. The molecule has 0 atom stereocenters. The number of hydrogen-bond acceptors (Lipinski definition) is 4. The monoisotopic (exact) mass is 346 g/mol. The molecule has 0 fully saturated rings. The summed E-state index contributed by atoms with van der Waals surface area (Å²) in [6.07, 6.45) is 5.19. The Balaban J connectivity index is 2.12. The molecule has 6 heteroatoms. The molecule has 0 aliphatic heterocycles. The SMILES string of the molecule is CCCN(CCC)c1ncc(C(=O)Nc2cccc(Cl)c2C)cn1. The maximum absolute atomic E-state index is 12.4. The van der Waals surface area contributed by atoms with Crippen molar-refractivity contribution in [3.63, 3.8) is 0 Å². The summed E-state index contributed by atoms with van der Waals surface area (Å²) in [4.78, 5) is 23.2. The molecule has 128 valence electrons. The van der Waals surface area contributed by atoms with E-state index >= 15 is 0 Å². The van der Waals surface area contributed by atoms with Crippen LogP contribution in [-0.2, 0) is 0 Å². The Morgan fingerprint density at radius 1 is 1.17 bits per heavy atom. The Hall–Kier alpha value is -2.14. The number of nitrogens with one attached hydrogen (secondary N) is 1. The Bertz CT molecular complexity index is 682. The topological polar surface area (TPSA) is 58.1 Å². The van der Waals surface area contributed by atoms with Crippen LogP contribution in [0.1, 0.15) is 42.6 Å². The molecule has 0 aliphatic rings. The summed E-state index contributed by atoms with van der Waals surface area (Å²) in [5, 5.41) is 3.47. The molecule has 1 aromatic carbocycles. The zero-order valence-corrected chi connectivity index (χ0v) is 15.1. The fourth-order valence-corrected chi connectivity index (χ4v) is 2.57. The highest BCUT2D eigenvalue weighted by Crippen LogP contribution is 2.23. The van der Waals surface area contributed by atoms with Crippen molar-refractivity contribution in [3.05, 3.63) is 46.7 Å². The molecule has 0 bridgehead atoms. The van der Waals surface area contributed by atoms with Crippen LogP contribution in [0.25, 0.3) is 0 Å². The van der Waals surface area contributed by atoms with Gasteiger partial charge in [-0.2, -0.15) is 0 Å². The highest BCUT2D eigenvalue weighted by atomic mass is 35.5. The van der Waals surface area contributed by atoms with E-state index in [1.807, 2.05) is 13.0 Å². The molecule has 24 heavy (non-hydrogen) atoms. The molecule has 0 spiro atoms. The van der Waals surface area contributed by atoms with Crippen LogP contribution in [0, 0.1) is 6.92 Å². The van der Waals surface area contributed by atoms with Crippen molar-refractivity contribution in [2.24, 2.45) is 0 Å². The number of carbonyl (C=O) groups is 1. The Morgan fingerprint density at radius 3 is 2.38 bits per heavy atom. The molecule has 1 heterocycles. The zero-order valence-electron chi connectivity index (χ0n) is 14.3. The van der Waals surface area contributed by atoms with E-state index in [1.54, 1.807) is 24.5 Å². The van der Waals surface area contributed by atoms with Crippen LogP contribution in [0.5, 0.6) is 0 Å². The summed E-state index contributed by atoms with van der Waals surface area (Å²) in [6.45, 7) is 7.92. The Kier molecular flexibility index (Phi) is 6.55. The van der Waals surface area contributed by atoms with Crippen LogP contribution in [0.3, 0.4) is 0 Å². The van der Waals surface area contributed by atoms with E-state index in [2.05, 4.69) is 34.0 Å². The largest absolute Gasteiger partial charge is 0.341 e. The lowest BCUT2D eigenvalue weighted by atomic mass is 10.2. The van der Waals surface area contributed by atoms with Gasteiger partial charge in [0.15, 0.2) is 0 Å². The van der Waals surface area contributed by atoms with E-state index in [1.165, 1.54) is 0 Å². The fourth-order valence-electron chi connectivity index (χ4n) is 2.39. The molecule has 5 nitrogen and oxygen atoms in total. The van der Waals surface area contributed by atoms with Gasteiger partial charge in [0.25, 0.3) is 5.91 Å². The van der Waals surface area contributed by atoms with Gasteiger partial charge < -0.3 is 10.2 Å². The van der Waals surface area contributed by atoms with E-state index in [0.717, 1.165) is 31.5 Å². The minimum absolute atomic E-state index is 0.246. The molecular weight excluding hydrogens is 324 g/mol. The van der Waals surface area contributed by atoms with Gasteiger partial charge in [-0.05, 0) is 37.5 Å². The highest BCUT2D eigenvalue weighted by molar-refractivity contribution is 6.31. The van der Waals surface area contributed by atoms with Gasteiger partial charge in [0, 0.05) is 36.2 Å². The third-order valence-electron chi connectivity index (χ3n) is 3.69. The van der Waals surface area contributed by atoms with E-state index in [-0.39, 0.29) is 5.91 Å². The van der Waals surface area contributed by atoms with Crippen molar-refractivity contribution in [2.45, 2.75) is 33.6 Å². The first-order chi connectivity index (χ1) is 11.6. The van der Waals surface area contributed by atoms with Gasteiger partial charge in [0.05, 0.1) is 5.56 Å². The standard InChI is InChI=1S/C18H23ClN4O/c1-4-9-23(10-5-2)18-20-11-14(12-21-18)17(24)22-16-8-6-7-15(19)13(16)3/h6-8,11-12H,4-5,9-10H2,1-3H3,(H,22,24). The lowest BCUT2D eigenvalue weighted by molar-refractivity contribution is 0.102. The Labute approximate surface area is 148 Å². The molecule has 0 aliphatic carbocycles. The molecule has 1 N–H and O–H groups in total. The molecule has 0 saturated carbocycles. The van der Waals surface area contributed by atoms with Gasteiger partial charge >= 0.3 is 0 Å². The van der Waals surface area contributed by atoms with Crippen LogP contribution in [0.15, 0.2) is 30.6 Å². The number of amides is 1. The first kappa shape index (κ1) is 18.2. The number of aromatic nitrogens is 2. The second-order valence-electron chi connectivity index (χ2n) is 5.63. The summed E-state index contributed by atoms with van der Waals surface area (Å²) >= 11 is 6.08. The molecule has 0 unspecified atom stereocenters. The maximum atomic E-state index is 12.4. The fraction of sp³-hybridized carbons (Fsp3) is 0.389. The van der Waals surface area contributed by atoms with E-state index in [4.69, 9.17) is 11.6 Å². The summed E-state index contributed by atoms with van der Waals surface area (Å²) in [6, 6.07) is 5.41. The van der Waals surface area contributed by atoms with Crippen molar-refractivity contribution in [3.8, 4) is 0 Å². The van der Waals surface area contributed by atoms with Gasteiger partial charge in [-0.25, -0.2) is 9.97 Å². The first-order valence-corrected chi connectivity index (χ1v) is 8.58. The van der Waals surface area contributed by atoms with Crippen molar-refractivity contribution in [1.82, 2.24) is 9.97 Å². The third-order valence-corrected chi connectivity index (χ3v) is 4.10. The lowest BCUT2D eigenvalue weighted by Crippen LogP contribution is -2.27. The summed E-state index contributed by atoms with van der Waals surface area (Å²) in [7, 11) is 0. The van der Waals surface area contributed by atoms with Gasteiger partial charge in [0.1, 0.15) is 0 Å². The summed E-state index contributed by atoms with van der Waals surface area (Å²) in [5.74, 6) is 0.415. The number of anilines is 2. The second kappa shape index (κ2) is 8.64. The average molecular weight is 347 g/mol. The average Bonchev–Trinajstić information content (AvgIpc) is 2.59. The molecule has 0 saturated heterocycles. The second-order valence-corrected chi connectivity index (χ2v) is 6.03. The predicted molar refractivity (Wildman–Crippen MR) is 99.0 cm³/mol. The number of halogens is 1. The van der Waals surface area contributed by atoms with E-state index in [0.29, 0.717) is 22.2 Å². The molecular formula is C18H23ClN4O. The minimum Gasteiger partial charge on any atom is -0.341 e. The van der Waals surface area contributed by atoms with E-state index in [9.17, 15) is 4.79 Å². The minimum atomic E-state index is -0.246. The zero-order chi connectivity index (χ0) is 17.5. The summed E-state index contributed by atoms with van der Waals surface area (Å²) in [5.41, 5.74) is 1.95. The van der Waals surface area contributed by atoms with Gasteiger partial charge in [-0.15, -0.1) is 0 Å². The molecule has 2 aromatic rings. The maximum Gasteiger partial charge on any atom is 0.258 e. The number of nitrogens with zero attached hydrogens (tertiary/aromatic N) is 3. The number of benzene rings is 1. The Morgan fingerprint density at radius 2 is 1.79 bits per heavy atom. The molecule has 1 amide bonds. The third kappa shape index (κ3) is 4.45. The van der Waals surface area contributed by atoms with Crippen LogP contribution in [-0.4, -0.2) is 29.0 Å². The van der Waals surface area contributed by atoms with Crippen molar-refractivity contribution >= 4 is 29.1 Å². The quantitative estimate of drug-likeness (QED) is 0.811. The molecule has 0 radical (unpaired) electrons. The summed E-state index contributed by atoms with van der Waals surface area (Å²) < 4.78 is 0. The van der Waals surface area contributed by atoms with Gasteiger partial charge in [-0.1, -0.05) is 31.5 Å². The number of hydrogen-bond donors (Lipinski definition) is 1. The highest BCUT2D eigenvalue weighted by Gasteiger charge is 2.12. The van der Waals surface area contributed by atoms with Crippen LogP contribution < -0.4 is 10.2 Å². The molecule has 2 rings (SSSR count). The lowest BCUT2D eigenvalue weighted by Gasteiger charge is -2.21. The number of carbonyl (C=O) groups excluding carboxylic acids is 1. The van der Waals surface area contributed by atoms with E-state index < -0.39 is 0 Å². The van der Waals surface area contributed by atoms with Crippen molar-refractivity contribution < 1.29 is 4.79 Å².